The average Bonchev–Trinajstić information content (AvgIpc) is 2.81. The van der Waals surface area contributed by atoms with E-state index < -0.39 is 5.82 Å². The number of rotatable bonds is 4. The largest absolute Gasteiger partial charge is 0.397 e. The molecule has 0 spiro atoms. The van der Waals surface area contributed by atoms with Crippen LogP contribution in [-0.4, -0.2) is 29.9 Å². The van der Waals surface area contributed by atoms with Crippen LogP contribution in [0.5, 0.6) is 0 Å². The van der Waals surface area contributed by atoms with Crippen molar-refractivity contribution in [2.45, 2.75) is 32.7 Å². The Labute approximate surface area is 119 Å². The second-order valence-electron chi connectivity index (χ2n) is 5.70. The van der Waals surface area contributed by atoms with E-state index in [1.165, 1.54) is 18.2 Å². The van der Waals surface area contributed by atoms with Crippen LogP contribution in [0.1, 0.15) is 26.7 Å². The molecule has 1 aromatic rings. The fourth-order valence-corrected chi connectivity index (χ4v) is 2.82. The van der Waals surface area contributed by atoms with Gasteiger partial charge in [0, 0.05) is 6.04 Å². The first-order valence-electron chi connectivity index (χ1n) is 7.06. The van der Waals surface area contributed by atoms with Gasteiger partial charge in [-0.2, -0.15) is 0 Å². The molecular formula is C15H22FN3O. The number of nitrogens with zero attached hydrogens (tertiary/aromatic N) is 1. The second-order valence-corrected chi connectivity index (χ2v) is 5.70. The maximum atomic E-state index is 13.0. The van der Waals surface area contributed by atoms with Gasteiger partial charge in [-0.25, -0.2) is 4.39 Å². The molecule has 1 atom stereocenters. The highest BCUT2D eigenvalue weighted by atomic mass is 19.1. The number of anilines is 2. The molecule has 4 nitrogen and oxygen atoms in total. The van der Waals surface area contributed by atoms with Gasteiger partial charge < -0.3 is 11.1 Å². The minimum atomic E-state index is -0.403. The van der Waals surface area contributed by atoms with Gasteiger partial charge in [-0.15, -0.1) is 0 Å². The standard InChI is InChI=1S/C15H22FN3O/c1-10(2)14-4-3-7-19(14)9-15(20)18-13-6-5-11(16)8-12(13)17/h5-6,8,10,14H,3-4,7,9,17H2,1-2H3,(H,18,20). The van der Waals surface area contributed by atoms with Gasteiger partial charge in [0.2, 0.25) is 5.91 Å². The number of halogens is 1. The van der Waals surface area contributed by atoms with Crippen molar-refractivity contribution in [1.82, 2.24) is 4.90 Å². The Hall–Kier alpha value is -1.62. The number of carbonyl (C=O) groups is 1. The third-order valence-corrected chi connectivity index (χ3v) is 3.82. The summed E-state index contributed by atoms with van der Waals surface area (Å²) >= 11 is 0. The van der Waals surface area contributed by atoms with Crippen molar-refractivity contribution < 1.29 is 9.18 Å². The summed E-state index contributed by atoms with van der Waals surface area (Å²) in [6.07, 6.45) is 2.28. The highest BCUT2D eigenvalue weighted by Gasteiger charge is 2.28. The molecule has 5 heteroatoms. The predicted octanol–water partition coefficient (Wildman–Crippen LogP) is 2.47. The molecule has 1 saturated heterocycles. The summed E-state index contributed by atoms with van der Waals surface area (Å²) in [6.45, 7) is 5.67. The molecule has 3 N–H and O–H groups in total. The van der Waals surface area contributed by atoms with E-state index >= 15 is 0 Å². The van der Waals surface area contributed by atoms with Crippen molar-refractivity contribution in [3.8, 4) is 0 Å². The summed E-state index contributed by atoms with van der Waals surface area (Å²) in [7, 11) is 0. The highest BCUT2D eigenvalue weighted by molar-refractivity contribution is 5.95. The zero-order valence-electron chi connectivity index (χ0n) is 12.0. The summed E-state index contributed by atoms with van der Waals surface area (Å²) in [5.41, 5.74) is 6.40. The number of nitrogens with one attached hydrogen (secondary N) is 1. The van der Waals surface area contributed by atoms with Gasteiger partial charge >= 0.3 is 0 Å². The molecule has 1 fully saturated rings. The van der Waals surface area contributed by atoms with E-state index in [0.29, 0.717) is 24.2 Å². The number of likely N-dealkylation sites (tertiary alicyclic amines) is 1. The first-order chi connectivity index (χ1) is 9.47. The Morgan fingerprint density at radius 1 is 1.55 bits per heavy atom. The van der Waals surface area contributed by atoms with Crippen LogP contribution in [-0.2, 0) is 4.79 Å². The number of nitrogen functional groups attached to an aromatic ring is 1. The second kappa shape index (κ2) is 6.22. The van der Waals surface area contributed by atoms with Crippen LogP contribution in [0.4, 0.5) is 15.8 Å². The van der Waals surface area contributed by atoms with E-state index in [1.807, 2.05) is 0 Å². The number of hydrogen-bond acceptors (Lipinski definition) is 3. The van der Waals surface area contributed by atoms with Crippen molar-refractivity contribution in [2.24, 2.45) is 5.92 Å². The fraction of sp³-hybridized carbons (Fsp3) is 0.533. The molecule has 0 bridgehead atoms. The molecule has 0 aromatic heterocycles. The van der Waals surface area contributed by atoms with Gasteiger partial charge in [-0.3, -0.25) is 9.69 Å². The molecule has 110 valence electrons. The molecule has 1 aliphatic heterocycles. The molecule has 20 heavy (non-hydrogen) atoms. The predicted molar refractivity (Wildman–Crippen MR) is 78.9 cm³/mol. The minimum Gasteiger partial charge on any atom is -0.397 e. The van der Waals surface area contributed by atoms with Gasteiger partial charge in [0.25, 0.3) is 0 Å². The van der Waals surface area contributed by atoms with Gasteiger partial charge in [-0.1, -0.05) is 13.8 Å². The smallest absolute Gasteiger partial charge is 0.238 e. The van der Waals surface area contributed by atoms with Crippen LogP contribution in [0, 0.1) is 11.7 Å². The van der Waals surface area contributed by atoms with Crippen LogP contribution in [0.25, 0.3) is 0 Å². The van der Waals surface area contributed by atoms with Crippen LogP contribution in [0.3, 0.4) is 0 Å². The lowest BCUT2D eigenvalue weighted by Crippen LogP contribution is -2.39. The molecule has 0 radical (unpaired) electrons. The minimum absolute atomic E-state index is 0.101. The monoisotopic (exact) mass is 279 g/mol. The van der Waals surface area contributed by atoms with E-state index in [9.17, 15) is 9.18 Å². The molecule has 0 saturated carbocycles. The van der Waals surface area contributed by atoms with E-state index in [2.05, 4.69) is 24.1 Å². The Bertz CT molecular complexity index is 490. The van der Waals surface area contributed by atoms with E-state index in [1.54, 1.807) is 0 Å². The van der Waals surface area contributed by atoms with Crippen molar-refractivity contribution in [3.63, 3.8) is 0 Å². The number of benzene rings is 1. The third kappa shape index (κ3) is 3.48. The zero-order valence-corrected chi connectivity index (χ0v) is 12.0. The van der Waals surface area contributed by atoms with Crippen LogP contribution >= 0.6 is 0 Å². The summed E-state index contributed by atoms with van der Waals surface area (Å²) in [4.78, 5) is 14.3. The Morgan fingerprint density at radius 2 is 2.30 bits per heavy atom. The van der Waals surface area contributed by atoms with Gasteiger partial charge in [0.15, 0.2) is 0 Å². The molecular weight excluding hydrogens is 257 g/mol. The van der Waals surface area contributed by atoms with Gasteiger partial charge in [0.05, 0.1) is 17.9 Å². The van der Waals surface area contributed by atoms with Crippen molar-refractivity contribution in [2.75, 3.05) is 24.1 Å². The molecule has 0 aliphatic carbocycles. The third-order valence-electron chi connectivity index (χ3n) is 3.82. The molecule has 1 heterocycles. The van der Waals surface area contributed by atoms with Crippen molar-refractivity contribution in [3.05, 3.63) is 24.0 Å². The van der Waals surface area contributed by atoms with Crippen molar-refractivity contribution >= 4 is 17.3 Å². The first-order valence-corrected chi connectivity index (χ1v) is 7.06. The molecule has 1 unspecified atom stereocenters. The van der Waals surface area contributed by atoms with Gasteiger partial charge in [-0.05, 0) is 43.5 Å². The van der Waals surface area contributed by atoms with E-state index in [-0.39, 0.29) is 11.6 Å². The lowest BCUT2D eigenvalue weighted by Gasteiger charge is -2.26. The topological polar surface area (TPSA) is 58.4 Å². The lowest BCUT2D eigenvalue weighted by atomic mass is 10.0. The van der Waals surface area contributed by atoms with E-state index in [4.69, 9.17) is 5.73 Å². The maximum Gasteiger partial charge on any atom is 0.238 e. The Morgan fingerprint density at radius 3 is 2.95 bits per heavy atom. The van der Waals surface area contributed by atoms with Crippen LogP contribution in [0.2, 0.25) is 0 Å². The normalized spacial score (nSPS) is 19.5. The number of nitrogens with two attached hydrogens (primary N) is 1. The summed E-state index contributed by atoms with van der Waals surface area (Å²) < 4.78 is 13.0. The van der Waals surface area contributed by atoms with E-state index in [0.717, 1.165) is 19.4 Å². The SMILES string of the molecule is CC(C)C1CCCN1CC(=O)Nc1ccc(F)cc1N. The van der Waals surface area contributed by atoms with Crippen LogP contribution < -0.4 is 11.1 Å². The Kier molecular flexibility index (Phi) is 4.60. The quantitative estimate of drug-likeness (QED) is 0.832. The first kappa shape index (κ1) is 14.8. The number of amides is 1. The molecule has 1 aliphatic rings. The van der Waals surface area contributed by atoms with Gasteiger partial charge in [0.1, 0.15) is 5.82 Å². The van der Waals surface area contributed by atoms with Crippen LogP contribution in [0.15, 0.2) is 18.2 Å². The molecule has 2 rings (SSSR count). The highest BCUT2D eigenvalue weighted by Crippen LogP contribution is 2.24. The number of hydrogen-bond donors (Lipinski definition) is 2. The maximum absolute atomic E-state index is 13.0. The Balaban J connectivity index is 1.95. The fourth-order valence-electron chi connectivity index (χ4n) is 2.82. The summed E-state index contributed by atoms with van der Waals surface area (Å²) in [5, 5.41) is 2.75. The number of carbonyl (C=O) groups excluding carboxylic acids is 1. The zero-order chi connectivity index (χ0) is 14.7. The average molecular weight is 279 g/mol. The summed E-state index contributed by atoms with van der Waals surface area (Å²) in [5.74, 6) is 0.0389. The molecule has 1 amide bonds. The van der Waals surface area contributed by atoms with Crippen molar-refractivity contribution in [1.29, 1.82) is 0 Å². The summed E-state index contributed by atoms with van der Waals surface area (Å²) in [6, 6.07) is 4.46. The molecule has 1 aromatic carbocycles. The lowest BCUT2D eigenvalue weighted by molar-refractivity contribution is -0.117.